The molecule has 2 aromatic rings. The Morgan fingerprint density at radius 2 is 2.28 bits per heavy atom. The van der Waals surface area contributed by atoms with E-state index >= 15 is 0 Å². The highest BCUT2D eigenvalue weighted by molar-refractivity contribution is 5.80. The van der Waals surface area contributed by atoms with E-state index in [0.717, 1.165) is 24.3 Å². The summed E-state index contributed by atoms with van der Waals surface area (Å²) in [5, 5.41) is 3.86. The molecule has 0 aliphatic carbocycles. The maximum Gasteiger partial charge on any atom is 0.314 e. The van der Waals surface area contributed by atoms with Crippen molar-refractivity contribution in [2.24, 2.45) is 11.3 Å². The molecule has 0 amide bonds. The molecule has 3 rings (SSSR count). The number of rotatable bonds is 5. The highest BCUT2D eigenvalue weighted by atomic mass is 16.5. The van der Waals surface area contributed by atoms with Crippen molar-refractivity contribution in [1.82, 2.24) is 15.1 Å². The van der Waals surface area contributed by atoms with Gasteiger partial charge in [0.15, 0.2) is 5.82 Å². The van der Waals surface area contributed by atoms with Crippen molar-refractivity contribution in [3.05, 3.63) is 24.2 Å². The molecule has 2 aromatic heterocycles. The summed E-state index contributed by atoms with van der Waals surface area (Å²) >= 11 is 0. The highest BCUT2D eigenvalue weighted by Crippen LogP contribution is 2.42. The lowest BCUT2D eigenvalue weighted by molar-refractivity contribution is -0.156. The van der Waals surface area contributed by atoms with Gasteiger partial charge in [-0.3, -0.25) is 4.79 Å². The minimum atomic E-state index is -0.518. The van der Waals surface area contributed by atoms with E-state index in [1.807, 2.05) is 19.1 Å². The molecule has 0 saturated carbocycles. The average Bonchev–Trinajstić information content (AvgIpc) is 3.22. The number of aryl methyl sites for hydroxylation is 1. The van der Waals surface area contributed by atoms with Crippen molar-refractivity contribution in [2.75, 3.05) is 24.6 Å². The standard InChI is InChI=1S/C18H24N4O3/c1-5-24-17(23)18(12(2)3)8-10-22(11-18)15-14(7-6-9-19-15)16-20-13(4)21-25-16/h6-7,9,12H,5,8,10-11H2,1-4H3. The normalized spacial score (nSPS) is 20.3. The van der Waals surface area contributed by atoms with Crippen LogP contribution in [0.4, 0.5) is 5.82 Å². The second kappa shape index (κ2) is 6.82. The van der Waals surface area contributed by atoms with Crippen LogP contribution in [0, 0.1) is 18.3 Å². The summed E-state index contributed by atoms with van der Waals surface area (Å²) in [5.74, 6) is 1.83. The van der Waals surface area contributed by atoms with Gasteiger partial charge in [0.1, 0.15) is 5.82 Å². The van der Waals surface area contributed by atoms with Gasteiger partial charge in [0.2, 0.25) is 0 Å². The van der Waals surface area contributed by atoms with E-state index in [1.165, 1.54) is 0 Å². The Labute approximate surface area is 147 Å². The van der Waals surface area contributed by atoms with Gasteiger partial charge in [0.25, 0.3) is 5.89 Å². The Bertz CT molecular complexity index is 758. The minimum absolute atomic E-state index is 0.126. The Balaban J connectivity index is 1.93. The van der Waals surface area contributed by atoms with Crippen LogP contribution < -0.4 is 4.90 Å². The van der Waals surface area contributed by atoms with Gasteiger partial charge in [-0.25, -0.2) is 4.98 Å². The van der Waals surface area contributed by atoms with Gasteiger partial charge in [-0.1, -0.05) is 19.0 Å². The Hall–Kier alpha value is -2.44. The summed E-state index contributed by atoms with van der Waals surface area (Å²) in [6, 6.07) is 3.75. The molecule has 1 fully saturated rings. The van der Waals surface area contributed by atoms with Gasteiger partial charge in [0.05, 0.1) is 17.6 Å². The van der Waals surface area contributed by atoms with Gasteiger partial charge in [-0.15, -0.1) is 0 Å². The van der Waals surface area contributed by atoms with Crippen LogP contribution in [0.2, 0.25) is 0 Å². The van der Waals surface area contributed by atoms with Gasteiger partial charge in [-0.2, -0.15) is 4.98 Å². The summed E-state index contributed by atoms with van der Waals surface area (Å²) in [4.78, 5) is 23.6. The van der Waals surface area contributed by atoms with Crippen LogP contribution in [0.25, 0.3) is 11.5 Å². The molecule has 1 aliphatic heterocycles. The fourth-order valence-electron chi connectivity index (χ4n) is 3.38. The maximum absolute atomic E-state index is 12.6. The second-order valence-corrected chi connectivity index (χ2v) is 6.72. The summed E-state index contributed by atoms with van der Waals surface area (Å²) in [6.45, 7) is 9.46. The van der Waals surface area contributed by atoms with Crippen molar-refractivity contribution < 1.29 is 14.1 Å². The summed E-state index contributed by atoms with van der Waals surface area (Å²) in [6.07, 6.45) is 2.48. The van der Waals surface area contributed by atoms with E-state index < -0.39 is 5.41 Å². The van der Waals surface area contributed by atoms with Gasteiger partial charge in [0, 0.05) is 19.3 Å². The summed E-state index contributed by atoms with van der Waals surface area (Å²) < 4.78 is 10.7. The van der Waals surface area contributed by atoms with Crippen LogP contribution >= 0.6 is 0 Å². The number of carbonyl (C=O) groups is 1. The molecule has 7 heteroatoms. The molecule has 3 heterocycles. The molecule has 0 spiro atoms. The molecule has 0 aromatic carbocycles. The van der Waals surface area contributed by atoms with Crippen molar-refractivity contribution >= 4 is 11.8 Å². The van der Waals surface area contributed by atoms with E-state index in [9.17, 15) is 4.79 Å². The molecule has 7 nitrogen and oxygen atoms in total. The second-order valence-electron chi connectivity index (χ2n) is 6.72. The molecule has 134 valence electrons. The Kier molecular flexibility index (Phi) is 4.74. The monoisotopic (exact) mass is 344 g/mol. The number of esters is 1. The van der Waals surface area contributed by atoms with Crippen LogP contribution in [0.5, 0.6) is 0 Å². The average molecular weight is 344 g/mol. The van der Waals surface area contributed by atoms with Gasteiger partial charge >= 0.3 is 5.97 Å². The molecule has 0 N–H and O–H groups in total. The fourth-order valence-corrected chi connectivity index (χ4v) is 3.38. The predicted octanol–water partition coefficient (Wildman–Crippen LogP) is 2.86. The zero-order valence-corrected chi connectivity index (χ0v) is 15.2. The van der Waals surface area contributed by atoms with E-state index in [0.29, 0.717) is 24.9 Å². The first-order chi connectivity index (χ1) is 12.0. The number of carbonyl (C=O) groups excluding carboxylic acids is 1. The van der Waals surface area contributed by atoms with E-state index in [2.05, 4.69) is 33.9 Å². The van der Waals surface area contributed by atoms with E-state index in [4.69, 9.17) is 9.26 Å². The number of anilines is 1. The number of pyridine rings is 1. The van der Waals surface area contributed by atoms with Gasteiger partial charge in [-0.05, 0) is 38.3 Å². The molecule has 1 atom stereocenters. The van der Waals surface area contributed by atoms with Crippen LogP contribution in [0.1, 0.15) is 33.0 Å². The molecule has 0 radical (unpaired) electrons. The largest absolute Gasteiger partial charge is 0.466 e. The van der Waals surface area contributed by atoms with Crippen LogP contribution in [0.3, 0.4) is 0 Å². The Morgan fingerprint density at radius 3 is 2.92 bits per heavy atom. The summed E-state index contributed by atoms with van der Waals surface area (Å²) in [5.41, 5.74) is 0.266. The van der Waals surface area contributed by atoms with Crippen molar-refractivity contribution in [3.8, 4) is 11.5 Å². The van der Waals surface area contributed by atoms with Crippen LogP contribution in [-0.2, 0) is 9.53 Å². The SMILES string of the molecule is CCOC(=O)C1(C(C)C)CCN(c2ncccc2-c2nc(C)no2)C1. The van der Waals surface area contributed by atoms with Crippen molar-refractivity contribution in [1.29, 1.82) is 0 Å². The molecule has 0 bridgehead atoms. The zero-order valence-electron chi connectivity index (χ0n) is 15.2. The Morgan fingerprint density at radius 1 is 1.48 bits per heavy atom. The molecular weight excluding hydrogens is 320 g/mol. The quantitative estimate of drug-likeness (QED) is 0.771. The highest BCUT2D eigenvalue weighted by Gasteiger charge is 2.49. The molecule has 1 unspecified atom stereocenters. The molecule has 1 saturated heterocycles. The third kappa shape index (κ3) is 3.10. The number of aromatic nitrogens is 3. The number of nitrogens with zero attached hydrogens (tertiary/aromatic N) is 4. The van der Waals surface area contributed by atoms with Crippen molar-refractivity contribution in [3.63, 3.8) is 0 Å². The third-order valence-corrected chi connectivity index (χ3v) is 4.93. The van der Waals surface area contributed by atoms with Gasteiger partial charge < -0.3 is 14.2 Å². The van der Waals surface area contributed by atoms with Crippen LogP contribution in [0.15, 0.2) is 22.9 Å². The van der Waals surface area contributed by atoms with E-state index in [1.54, 1.807) is 13.1 Å². The third-order valence-electron chi connectivity index (χ3n) is 4.93. The smallest absolute Gasteiger partial charge is 0.314 e. The number of hydrogen-bond acceptors (Lipinski definition) is 7. The number of hydrogen-bond donors (Lipinski definition) is 0. The van der Waals surface area contributed by atoms with E-state index in [-0.39, 0.29) is 11.9 Å². The van der Waals surface area contributed by atoms with Crippen molar-refractivity contribution in [2.45, 2.75) is 34.1 Å². The lowest BCUT2D eigenvalue weighted by atomic mass is 9.76. The maximum atomic E-state index is 12.6. The molecular formula is C18H24N4O3. The summed E-state index contributed by atoms with van der Waals surface area (Å²) in [7, 11) is 0. The first-order valence-electron chi connectivity index (χ1n) is 8.66. The first kappa shape index (κ1) is 17.4. The molecule has 1 aliphatic rings. The fraction of sp³-hybridized carbons (Fsp3) is 0.556. The lowest BCUT2D eigenvalue weighted by Crippen LogP contribution is -2.41. The first-order valence-corrected chi connectivity index (χ1v) is 8.66. The predicted molar refractivity (Wildman–Crippen MR) is 93.0 cm³/mol. The zero-order chi connectivity index (χ0) is 18.0. The van der Waals surface area contributed by atoms with Crippen LogP contribution in [-0.4, -0.2) is 40.8 Å². The minimum Gasteiger partial charge on any atom is -0.466 e. The topological polar surface area (TPSA) is 81.4 Å². The molecule has 25 heavy (non-hydrogen) atoms. The number of ether oxygens (including phenoxy) is 1. The lowest BCUT2D eigenvalue weighted by Gasteiger charge is -2.31.